The molecule has 0 aliphatic carbocycles. The second-order valence-corrected chi connectivity index (χ2v) is 5.36. The molecule has 1 atom stereocenters. The van der Waals surface area contributed by atoms with Crippen LogP contribution in [0.1, 0.15) is 18.5 Å². The molecule has 6 nitrogen and oxygen atoms in total. The number of benzene rings is 1. The lowest BCUT2D eigenvalue weighted by Gasteiger charge is -2.14. The van der Waals surface area contributed by atoms with E-state index in [0.29, 0.717) is 18.0 Å². The number of nitrogens with zero attached hydrogens (tertiary/aromatic N) is 2. The Balaban J connectivity index is 1.76. The minimum atomic E-state index is -0.726. The van der Waals surface area contributed by atoms with Crippen molar-refractivity contribution in [3.05, 3.63) is 76.8 Å². The third-order valence-corrected chi connectivity index (χ3v) is 3.65. The number of carbonyl (C=O) groups excluding carboxylic acids is 1. The Hall–Kier alpha value is -3.15. The van der Waals surface area contributed by atoms with Gasteiger partial charge in [-0.15, -0.1) is 0 Å². The first-order valence-electron chi connectivity index (χ1n) is 7.60. The second-order valence-electron chi connectivity index (χ2n) is 5.36. The summed E-state index contributed by atoms with van der Waals surface area (Å²) in [5.74, 6) is 0.269. The first-order chi connectivity index (χ1) is 11.6. The minimum absolute atomic E-state index is 0.273. The van der Waals surface area contributed by atoms with Crippen LogP contribution in [0.25, 0.3) is 11.5 Å². The standard InChI is InChI=1S/C18H17N3O3/c1-13(18(23)19-12-14-6-3-2-4-7-14)21-17(22)10-9-15(20-21)16-8-5-11-24-16/h2-11,13H,12H2,1H3,(H,19,23). The smallest absolute Gasteiger partial charge is 0.267 e. The minimum Gasteiger partial charge on any atom is -0.463 e. The van der Waals surface area contributed by atoms with Crippen molar-refractivity contribution in [1.29, 1.82) is 0 Å². The summed E-state index contributed by atoms with van der Waals surface area (Å²) in [6, 6.07) is 15.3. The van der Waals surface area contributed by atoms with Crippen LogP contribution in [-0.2, 0) is 11.3 Å². The summed E-state index contributed by atoms with van der Waals surface area (Å²) < 4.78 is 6.45. The Bertz CT molecular complexity index is 870. The van der Waals surface area contributed by atoms with Crippen LogP contribution in [0.5, 0.6) is 0 Å². The molecule has 0 aliphatic rings. The predicted octanol–water partition coefficient (Wildman–Crippen LogP) is 2.38. The van der Waals surface area contributed by atoms with E-state index >= 15 is 0 Å². The van der Waals surface area contributed by atoms with Crippen LogP contribution in [0, 0.1) is 0 Å². The zero-order valence-electron chi connectivity index (χ0n) is 13.2. The molecule has 1 aromatic carbocycles. The summed E-state index contributed by atoms with van der Waals surface area (Å²) in [4.78, 5) is 24.4. The number of carbonyl (C=O) groups is 1. The van der Waals surface area contributed by atoms with Crippen LogP contribution >= 0.6 is 0 Å². The molecular weight excluding hydrogens is 306 g/mol. The van der Waals surface area contributed by atoms with Gasteiger partial charge in [-0.2, -0.15) is 5.10 Å². The fraction of sp³-hybridized carbons (Fsp3) is 0.167. The summed E-state index contributed by atoms with van der Waals surface area (Å²) >= 11 is 0. The first-order valence-corrected chi connectivity index (χ1v) is 7.60. The molecule has 0 saturated heterocycles. The lowest BCUT2D eigenvalue weighted by Crippen LogP contribution is -2.36. The van der Waals surface area contributed by atoms with Gasteiger partial charge >= 0.3 is 0 Å². The largest absolute Gasteiger partial charge is 0.463 e. The van der Waals surface area contributed by atoms with Crippen molar-refractivity contribution in [2.24, 2.45) is 0 Å². The van der Waals surface area contributed by atoms with E-state index in [1.807, 2.05) is 30.3 Å². The van der Waals surface area contributed by atoms with Gasteiger partial charge in [0.15, 0.2) is 5.76 Å². The summed E-state index contributed by atoms with van der Waals surface area (Å²) in [5.41, 5.74) is 1.15. The SMILES string of the molecule is CC(C(=O)NCc1ccccc1)n1nc(-c2ccco2)ccc1=O. The predicted molar refractivity (Wildman–Crippen MR) is 89.2 cm³/mol. The fourth-order valence-electron chi connectivity index (χ4n) is 2.30. The third-order valence-electron chi connectivity index (χ3n) is 3.65. The van der Waals surface area contributed by atoms with Gasteiger partial charge in [0.05, 0.1) is 6.26 Å². The molecule has 0 radical (unpaired) electrons. The van der Waals surface area contributed by atoms with E-state index in [-0.39, 0.29) is 11.5 Å². The summed E-state index contributed by atoms with van der Waals surface area (Å²) in [7, 11) is 0. The Kier molecular flexibility index (Phi) is 4.56. The summed E-state index contributed by atoms with van der Waals surface area (Å²) in [6.45, 7) is 2.04. The van der Waals surface area contributed by atoms with Crippen LogP contribution in [0.4, 0.5) is 0 Å². The van der Waals surface area contributed by atoms with Gasteiger partial charge in [-0.3, -0.25) is 9.59 Å². The highest BCUT2D eigenvalue weighted by Gasteiger charge is 2.18. The number of amides is 1. The highest BCUT2D eigenvalue weighted by atomic mass is 16.3. The summed E-state index contributed by atoms with van der Waals surface area (Å²) in [6.07, 6.45) is 1.53. The van der Waals surface area contributed by atoms with E-state index in [2.05, 4.69) is 10.4 Å². The number of furan rings is 1. The monoisotopic (exact) mass is 323 g/mol. The van der Waals surface area contributed by atoms with Gasteiger partial charge in [-0.1, -0.05) is 30.3 Å². The molecule has 6 heteroatoms. The maximum Gasteiger partial charge on any atom is 0.267 e. The van der Waals surface area contributed by atoms with Crippen molar-refractivity contribution in [3.63, 3.8) is 0 Å². The Morgan fingerprint density at radius 3 is 2.67 bits per heavy atom. The molecular formula is C18H17N3O3. The fourth-order valence-corrected chi connectivity index (χ4v) is 2.30. The molecule has 1 N–H and O–H groups in total. The van der Waals surface area contributed by atoms with E-state index < -0.39 is 6.04 Å². The number of hydrogen-bond acceptors (Lipinski definition) is 4. The van der Waals surface area contributed by atoms with Crippen LogP contribution in [-0.4, -0.2) is 15.7 Å². The molecule has 122 valence electrons. The molecule has 1 unspecified atom stereocenters. The van der Waals surface area contributed by atoms with Gasteiger partial charge in [0.2, 0.25) is 5.91 Å². The zero-order chi connectivity index (χ0) is 16.9. The average Bonchev–Trinajstić information content (AvgIpc) is 3.15. The van der Waals surface area contributed by atoms with Crippen molar-refractivity contribution >= 4 is 5.91 Å². The highest BCUT2D eigenvalue weighted by Crippen LogP contribution is 2.16. The third kappa shape index (κ3) is 3.43. The molecule has 2 aromatic heterocycles. The van der Waals surface area contributed by atoms with E-state index in [9.17, 15) is 9.59 Å². The van der Waals surface area contributed by atoms with Gasteiger partial charge in [-0.05, 0) is 30.7 Å². The second kappa shape index (κ2) is 6.95. The van der Waals surface area contributed by atoms with Crippen molar-refractivity contribution in [3.8, 4) is 11.5 Å². The van der Waals surface area contributed by atoms with Gasteiger partial charge < -0.3 is 9.73 Å². The molecule has 24 heavy (non-hydrogen) atoms. The quantitative estimate of drug-likeness (QED) is 0.782. The Morgan fingerprint density at radius 1 is 1.17 bits per heavy atom. The van der Waals surface area contributed by atoms with Crippen molar-refractivity contribution in [2.45, 2.75) is 19.5 Å². The van der Waals surface area contributed by atoms with Gasteiger partial charge in [0.25, 0.3) is 5.56 Å². The van der Waals surface area contributed by atoms with Crippen LogP contribution in [0.15, 0.2) is 70.1 Å². The first kappa shape index (κ1) is 15.7. The normalized spacial score (nSPS) is 11.9. The van der Waals surface area contributed by atoms with E-state index in [4.69, 9.17) is 4.42 Å². The molecule has 0 spiro atoms. The van der Waals surface area contributed by atoms with Crippen molar-refractivity contribution < 1.29 is 9.21 Å². The molecule has 1 amide bonds. The molecule has 0 fully saturated rings. The maximum atomic E-state index is 12.3. The van der Waals surface area contributed by atoms with Crippen LogP contribution in [0.3, 0.4) is 0 Å². The molecule has 0 bridgehead atoms. The molecule has 0 aliphatic heterocycles. The number of nitrogens with one attached hydrogen (secondary N) is 1. The van der Waals surface area contributed by atoms with E-state index in [1.54, 1.807) is 25.1 Å². The van der Waals surface area contributed by atoms with Gasteiger partial charge in [-0.25, -0.2) is 4.68 Å². The number of rotatable bonds is 5. The molecule has 2 heterocycles. The Morgan fingerprint density at radius 2 is 1.96 bits per heavy atom. The van der Waals surface area contributed by atoms with Crippen LogP contribution in [0.2, 0.25) is 0 Å². The lowest BCUT2D eigenvalue weighted by atomic mass is 10.2. The van der Waals surface area contributed by atoms with Crippen molar-refractivity contribution in [1.82, 2.24) is 15.1 Å². The zero-order valence-corrected chi connectivity index (χ0v) is 13.2. The Labute approximate surface area is 138 Å². The van der Waals surface area contributed by atoms with Crippen LogP contribution < -0.4 is 10.9 Å². The molecule has 3 rings (SSSR count). The van der Waals surface area contributed by atoms with Crippen molar-refractivity contribution in [2.75, 3.05) is 0 Å². The average molecular weight is 323 g/mol. The molecule has 0 saturated carbocycles. The topological polar surface area (TPSA) is 77.1 Å². The van der Waals surface area contributed by atoms with Gasteiger partial charge in [0, 0.05) is 12.6 Å². The highest BCUT2D eigenvalue weighted by molar-refractivity contribution is 5.79. The molecule has 3 aromatic rings. The maximum absolute atomic E-state index is 12.3. The van der Waals surface area contributed by atoms with Gasteiger partial charge in [0.1, 0.15) is 11.7 Å². The van der Waals surface area contributed by atoms with E-state index in [0.717, 1.165) is 10.2 Å². The lowest BCUT2D eigenvalue weighted by molar-refractivity contribution is -0.124. The summed E-state index contributed by atoms with van der Waals surface area (Å²) in [5, 5.41) is 7.06. The van der Waals surface area contributed by atoms with E-state index in [1.165, 1.54) is 12.3 Å². The number of aromatic nitrogens is 2. The number of hydrogen-bond donors (Lipinski definition) is 1.